The molecule has 4 aliphatic rings. The zero-order valence-corrected chi connectivity index (χ0v) is 14.6. The topological polar surface area (TPSA) is 82.1 Å². The number of ether oxygens (including phenoxy) is 3. The van der Waals surface area contributed by atoms with Crippen LogP contribution in [0.5, 0.6) is 0 Å². The molecule has 2 unspecified atom stereocenters. The van der Waals surface area contributed by atoms with Crippen molar-refractivity contribution < 1.29 is 28.9 Å². The molecule has 25 heavy (non-hydrogen) atoms. The number of carbonyl (C=O) groups is 2. The standard InChI is InChI=1S/C19H22O6/c1-10-7-14(24-16(10)21)23-9-13-12-8-11-5-4-6-18(2,3)19(11,15(12)20)25-17(13)22/h7-9,12,14-15,20H,4-6H2,1-3H3/b13-9+/t12?,14?,15-,19-/m1/s1. The fraction of sp³-hybridized carbons (Fsp3) is 0.579. The molecule has 6 nitrogen and oxygen atoms in total. The van der Waals surface area contributed by atoms with Gasteiger partial charge in [0.1, 0.15) is 6.10 Å². The van der Waals surface area contributed by atoms with E-state index in [2.05, 4.69) is 0 Å². The number of aliphatic hydroxyl groups is 1. The third-order valence-electron chi connectivity index (χ3n) is 5.98. The summed E-state index contributed by atoms with van der Waals surface area (Å²) in [7, 11) is 0. The molecule has 4 atom stereocenters. The van der Waals surface area contributed by atoms with Crippen LogP contribution in [0.2, 0.25) is 0 Å². The third-order valence-corrected chi connectivity index (χ3v) is 5.98. The SMILES string of the molecule is CC1=CC(O/C=C2/C(=O)O[C@]34C(=CC2[C@H]3O)CCCC4(C)C)OC1=O. The molecule has 0 aromatic heterocycles. The van der Waals surface area contributed by atoms with E-state index in [1.54, 1.807) is 13.0 Å². The van der Waals surface area contributed by atoms with E-state index in [0.717, 1.165) is 24.8 Å². The molecule has 2 bridgehead atoms. The van der Waals surface area contributed by atoms with Gasteiger partial charge in [0.2, 0.25) is 0 Å². The van der Waals surface area contributed by atoms with E-state index in [-0.39, 0.29) is 11.0 Å². The lowest BCUT2D eigenvalue weighted by Gasteiger charge is -2.52. The second kappa shape index (κ2) is 5.21. The van der Waals surface area contributed by atoms with Crippen LogP contribution in [0.3, 0.4) is 0 Å². The molecule has 0 amide bonds. The first-order valence-corrected chi connectivity index (χ1v) is 8.64. The summed E-state index contributed by atoms with van der Waals surface area (Å²) in [6.45, 7) is 5.71. The Hall–Kier alpha value is -2.08. The highest BCUT2D eigenvalue weighted by Crippen LogP contribution is 2.59. The van der Waals surface area contributed by atoms with Gasteiger partial charge in [0.25, 0.3) is 6.29 Å². The lowest BCUT2D eigenvalue weighted by Crippen LogP contribution is -2.61. The maximum atomic E-state index is 12.6. The number of carbonyl (C=O) groups excluding carboxylic acids is 2. The summed E-state index contributed by atoms with van der Waals surface area (Å²) >= 11 is 0. The summed E-state index contributed by atoms with van der Waals surface area (Å²) in [5.41, 5.74) is 0.449. The molecule has 2 aliphatic carbocycles. The lowest BCUT2D eigenvalue weighted by molar-refractivity contribution is -0.198. The average molecular weight is 346 g/mol. The predicted octanol–water partition coefficient (Wildman–Crippen LogP) is 2.14. The van der Waals surface area contributed by atoms with Crippen molar-refractivity contribution in [2.24, 2.45) is 11.3 Å². The van der Waals surface area contributed by atoms with Crippen molar-refractivity contribution in [1.29, 1.82) is 0 Å². The van der Waals surface area contributed by atoms with Crippen LogP contribution in [0.25, 0.3) is 0 Å². The Morgan fingerprint density at radius 2 is 2.04 bits per heavy atom. The molecule has 1 saturated heterocycles. The largest absolute Gasteiger partial charge is 0.458 e. The smallest absolute Gasteiger partial charge is 0.338 e. The van der Waals surface area contributed by atoms with Crippen LogP contribution in [0, 0.1) is 11.3 Å². The average Bonchev–Trinajstić information content (AvgIpc) is 2.94. The second-order valence-corrected chi connectivity index (χ2v) is 7.86. The molecule has 1 N–H and O–H groups in total. The Bertz CT molecular complexity index is 743. The van der Waals surface area contributed by atoms with Gasteiger partial charge >= 0.3 is 11.9 Å². The number of cyclic esters (lactones) is 1. The van der Waals surface area contributed by atoms with Gasteiger partial charge in [-0.25, -0.2) is 9.59 Å². The molecule has 0 aromatic rings. The summed E-state index contributed by atoms with van der Waals surface area (Å²) in [5.74, 6) is -1.39. The minimum absolute atomic E-state index is 0.254. The lowest BCUT2D eigenvalue weighted by atomic mass is 9.61. The number of hydrogen-bond acceptors (Lipinski definition) is 6. The maximum Gasteiger partial charge on any atom is 0.338 e. The van der Waals surface area contributed by atoms with Gasteiger partial charge < -0.3 is 19.3 Å². The van der Waals surface area contributed by atoms with Crippen molar-refractivity contribution in [2.45, 2.75) is 58.0 Å². The first-order valence-electron chi connectivity index (χ1n) is 8.64. The molecular formula is C19H22O6. The quantitative estimate of drug-likeness (QED) is 0.357. The van der Waals surface area contributed by atoms with Crippen LogP contribution in [0.4, 0.5) is 0 Å². The van der Waals surface area contributed by atoms with E-state index in [1.807, 2.05) is 19.9 Å². The Morgan fingerprint density at radius 3 is 2.72 bits per heavy atom. The van der Waals surface area contributed by atoms with Crippen molar-refractivity contribution >= 4 is 11.9 Å². The normalized spacial score (nSPS) is 40.2. The fourth-order valence-corrected chi connectivity index (χ4v) is 4.59. The molecule has 6 heteroatoms. The number of hydrogen-bond donors (Lipinski definition) is 1. The van der Waals surface area contributed by atoms with Gasteiger partial charge in [-0.1, -0.05) is 19.9 Å². The maximum absolute atomic E-state index is 12.6. The number of aliphatic hydroxyl groups excluding tert-OH is 1. The highest BCUT2D eigenvalue weighted by atomic mass is 16.7. The first kappa shape index (κ1) is 16.4. The predicted molar refractivity (Wildman–Crippen MR) is 86.8 cm³/mol. The third kappa shape index (κ3) is 2.13. The molecule has 2 fully saturated rings. The highest BCUT2D eigenvalue weighted by Gasteiger charge is 2.66. The van der Waals surface area contributed by atoms with Crippen LogP contribution in [-0.2, 0) is 23.8 Å². The Labute approximate surface area is 146 Å². The summed E-state index contributed by atoms with van der Waals surface area (Å²) < 4.78 is 16.3. The van der Waals surface area contributed by atoms with E-state index in [9.17, 15) is 14.7 Å². The van der Waals surface area contributed by atoms with Crippen LogP contribution in [-0.4, -0.2) is 35.0 Å². The second-order valence-electron chi connectivity index (χ2n) is 7.86. The Morgan fingerprint density at radius 1 is 1.28 bits per heavy atom. The van der Waals surface area contributed by atoms with Crippen molar-refractivity contribution in [1.82, 2.24) is 0 Å². The van der Waals surface area contributed by atoms with Gasteiger partial charge in [0.15, 0.2) is 5.60 Å². The van der Waals surface area contributed by atoms with Gasteiger partial charge in [0.05, 0.1) is 11.8 Å². The molecule has 1 saturated carbocycles. The molecular weight excluding hydrogens is 324 g/mol. The molecule has 0 aromatic carbocycles. The van der Waals surface area contributed by atoms with Gasteiger partial charge in [-0.15, -0.1) is 0 Å². The van der Waals surface area contributed by atoms with E-state index in [1.165, 1.54) is 6.26 Å². The number of rotatable bonds is 2. The molecule has 2 heterocycles. The number of esters is 2. The molecule has 2 aliphatic heterocycles. The minimum Gasteiger partial charge on any atom is -0.458 e. The summed E-state index contributed by atoms with van der Waals surface area (Å²) in [6, 6.07) is 0. The molecule has 134 valence electrons. The van der Waals surface area contributed by atoms with Gasteiger partial charge in [-0.05, 0) is 31.8 Å². The van der Waals surface area contributed by atoms with E-state index >= 15 is 0 Å². The zero-order valence-electron chi connectivity index (χ0n) is 14.6. The zero-order chi connectivity index (χ0) is 18.0. The van der Waals surface area contributed by atoms with Crippen LogP contribution in [0.1, 0.15) is 40.0 Å². The van der Waals surface area contributed by atoms with Crippen LogP contribution in [0.15, 0.2) is 35.1 Å². The molecule has 0 radical (unpaired) electrons. The number of fused-ring (bicyclic) bond motifs is 1. The molecule has 1 spiro atoms. The summed E-state index contributed by atoms with van der Waals surface area (Å²) in [6.07, 6.45) is 5.80. The summed E-state index contributed by atoms with van der Waals surface area (Å²) in [5, 5.41) is 11.0. The van der Waals surface area contributed by atoms with E-state index in [4.69, 9.17) is 14.2 Å². The van der Waals surface area contributed by atoms with E-state index < -0.39 is 35.9 Å². The van der Waals surface area contributed by atoms with Crippen molar-refractivity contribution in [3.05, 3.63) is 35.1 Å². The molecule has 4 rings (SSSR count). The Balaban J connectivity index is 1.63. The van der Waals surface area contributed by atoms with Crippen molar-refractivity contribution in [3.63, 3.8) is 0 Å². The van der Waals surface area contributed by atoms with Gasteiger partial charge in [-0.3, -0.25) is 0 Å². The van der Waals surface area contributed by atoms with Gasteiger partial charge in [-0.2, -0.15) is 0 Å². The first-order chi connectivity index (χ1) is 11.8. The van der Waals surface area contributed by atoms with E-state index in [0.29, 0.717) is 5.57 Å². The van der Waals surface area contributed by atoms with Gasteiger partial charge in [0, 0.05) is 23.0 Å². The summed E-state index contributed by atoms with van der Waals surface area (Å²) in [4.78, 5) is 24.0. The van der Waals surface area contributed by atoms with Crippen molar-refractivity contribution in [2.75, 3.05) is 0 Å². The van der Waals surface area contributed by atoms with Crippen LogP contribution >= 0.6 is 0 Å². The minimum atomic E-state index is -0.944. The monoisotopic (exact) mass is 346 g/mol. The highest BCUT2D eigenvalue weighted by molar-refractivity contribution is 5.92. The van der Waals surface area contributed by atoms with Crippen molar-refractivity contribution in [3.8, 4) is 0 Å². The fourth-order valence-electron chi connectivity index (χ4n) is 4.59. The Kier molecular flexibility index (Phi) is 3.41. The van der Waals surface area contributed by atoms with Crippen LogP contribution < -0.4 is 0 Å².